The minimum absolute atomic E-state index is 0.316. The molecule has 1 fully saturated rings. The van der Waals surface area contributed by atoms with Crippen molar-refractivity contribution in [3.8, 4) is 11.5 Å². The van der Waals surface area contributed by atoms with E-state index in [4.69, 9.17) is 14.6 Å². The van der Waals surface area contributed by atoms with Gasteiger partial charge in [0.2, 0.25) is 16.9 Å². The zero-order valence-corrected chi connectivity index (χ0v) is 13.5. The number of imidazole rings is 1. The number of hydrogen-bond acceptors (Lipinski definition) is 6. The number of aryl methyl sites for hydroxylation is 1. The summed E-state index contributed by atoms with van der Waals surface area (Å²) in [6.07, 6.45) is 4.27. The van der Waals surface area contributed by atoms with Crippen LogP contribution < -0.4 is 14.4 Å². The van der Waals surface area contributed by atoms with Crippen LogP contribution in [-0.2, 0) is 0 Å². The van der Waals surface area contributed by atoms with Gasteiger partial charge in [-0.3, -0.25) is 0 Å². The van der Waals surface area contributed by atoms with Gasteiger partial charge in [-0.05, 0) is 37.5 Å². The molecule has 1 saturated heterocycles. The van der Waals surface area contributed by atoms with Gasteiger partial charge in [0.25, 0.3) is 0 Å². The van der Waals surface area contributed by atoms with Crippen molar-refractivity contribution in [2.45, 2.75) is 25.8 Å². The minimum atomic E-state index is 0.316. The number of fused-ring (bicyclic) bond motifs is 2. The number of nitrogens with zero attached hydrogens (tertiary/aromatic N) is 4. The molecule has 118 valence electrons. The quantitative estimate of drug-likeness (QED) is 0.723. The maximum absolute atomic E-state index is 5.52. The van der Waals surface area contributed by atoms with Crippen LogP contribution in [0.15, 0.2) is 24.4 Å². The highest BCUT2D eigenvalue weighted by atomic mass is 32.1. The zero-order chi connectivity index (χ0) is 15.4. The summed E-state index contributed by atoms with van der Waals surface area (Å²) in [5, 5.41) is 5.74. The first kappa shape index (κ1) is 13.2. The van der Waals surface area contributed by atoms with Gasteiger partial charge in [0.05, 0.1) is 17.9 Å². The molecule has 3 aromatic rings. The second-order valence-electron chi connectivity index (χ2n) is 5.96. The molecule has 5 rings (SSSR count). The van der Waals surface area contributed by atoms with Crippen LogP contribution in [0.25, 0.3) is 4.96 Å². The predicted octanol–water partition coefficient (Wildman–Crippen LogP) is 3.17. The van der Waals surface area contributed by atoms with Gasteiger partial charge >= 0.3 is 0 Å². The fourth-order valence-corrected chi connectivity index (χ4v) is 4.38. The first-order valence-corrected chi connectivity index (χ1v) is 8.58. The van der Waals surface area contributed by atoms with E-state index in [2.05, 4.69) is 22.0 Å². The highest BCUT2D eigenvalue weighted by Gasteiger charge is 2.30. The number of anilines is 1. The number of aromatic nitrogens is 3. The van der Waals surface area contributed by atoms with Gasteiger partial charge < -0.3 is 14.4 Å². The maximum atomic E-state index is 5.52. The molecule has 0 spiro atoms. The van der Waals surface area contributed by atoms with Crippen molar-refractivity contribution >= 4 is 21.4 Å². The van der Waals surface area contributed by atoms with E-state index in [0.29, 0.717) is 12.8 Å². The van der Waals surface area contributed by atoms with Crippen LogP contribution in [0.3, 0.4) is 0 Å². The molecule has 0 saturated carbocycles. The average molecular weight is 328 g/mol. The second kappa shape index (κ2) is 4.86. The van der Waals surface area contributed by atoms with Crippen LogP contribution in [0.5, 0.6) is 11.5 Å². The first-order valence-electron chi connectivity index (χ1n) is 7.77. The minimum Gasteiger partial charge on any atom is -0.454 e. The lowest BCUT2D eigenvalue weighted by Gasteiger charge is -2.24. The Hall–Kier alpha value is -2.28. The van der Waals surface area contributed by atoms with Crippen molar-refractivity contribution in [3.63, 3.8) is 0 Å². The summed E-state index contributed by atoms with van der Waals surface area (Å²) in [7, 11) is 0. The highest BCUT2D eigenvalue weighted by Crippen LogP contribution is 2.41. The Kier molecular flexibility index (Phi) is 2.78. The van der Waals surface area contributed by atoms with E-state index in [1.165, 1.54) is 12.0 Å². The predicted molar refractivity (Wildman–Crippen MR) is 87.5 cm³/mol. The van der Waals surface area contributed by atoms with Gasteiger partial charge in [-0.1, -0.05) is 17.4 Å². The van der Waals surface area contributed by atoms with Crippen LogP contribution >= 0.6 is 11.3 Å². The molecule has 0 amide bonds. The number of benzene rings is 1. The van der Waals surface area contributed by atoms with Crippen molar-refractivity contribution in [2.24, 2.45) is 0 Å². The lowest BCUT2D eigenvalue weighted by Crippen LogP contribution is -2.22. The molecule has 0 N–H and O–H groups in total. The van der Waals surface area contributed by atoms with Gasteiger partial charge in [-0.15, -0.1) is 5.10 Å². The van der Waals surface area contributed by atoms with Gasteiger partial charge in [-0.25, -0.2) is 9.50 Å². The number of hydrogen-bond donors (Lipinski definition) is 0. The third-order valence-corrected chi connectivity index (χ3v) is 5.39. The Labute approximate surface area is 137 Å². The van der Waals surface area contributed by atoms with Crippen molar-refractivity contribution in [2.75, 3.05) is 18.2 Å². The Morgan fingerprint density at radius 1 is 1.26 bits per heavy atom. The highest BCUT2D eigenvalue weighted by molar-refractivity contribution is 7.20. The third kappa shape index (κ3) is 2.07. The van der Waals surface area contributed by atoms with Crippen LogP contribution in [-0.4, -0.2) is 27.9 Å². The average Bonchev–Trinajstić information content (AvgIpc) is 3.28. The molecule has 1 unspecified atom stereocenters. The maximum Gasteiger partial charge on any atom is 0.231 e. The van der Waals surface area contributed by atoms with Gasteiger partial charge in [0, 0.05) is 6.54 Å². The van der Waals surface area contributed by atoms with E-state index in [1.54, 1.807) is 11.3 Å². The second-order valence-corrected chi connectivity index (χ2v) is 6.89. The molecular formula is C16H16N4O2S. The van der Waals surface area contributed by atoms with Crippen molar-refractivity contribution in [1.29, 1.82) is 0 Å². The van der Waals surface area contributed by atoms with Gasteiger partial charge in [0.1, 0.15) is 0 Å². The molecule has 6 nitrogen and oxygen atoms in total. The van der Waals surface area contributed by atoms with Crippen LogP contribution in [0.4, 0.5) is 5.13 Å². The number of ether oxygens (including phenoxy) is 2. The Balaban J connectivity index is 1.50. The van der Waals surface area contributed by atoms with Crippen molar-refractivity contribution in [1.82, 2.24) is 14.6 Å². The van der Waals surface area contributed by atoms with Crippen molar-refractivity contribution < 1.29 is 9.47 Å². The molecule has 2 aromatic heterocycles. The van der Waals surface area contributed by atoms with E-state index in [1.807, 2.05) is 23.7 Å². The molecule has 4 heterocycles. The molecular weight excluding hydrogens is 312 g/mol. The SMILES string of the molecule is Cc1cn2nc(N3CCCC3c3ccc4c(c3)OCO4)sc2n1. The topological polar surface area (TPSA) is 51.9 Å². The standard InChI is InChI=1S/C16H16N4O2S/c1-10-8-20-15(17-10)23-16(18-20)19-6-2-3-12(19)11-4-5-13-14(7-11)22-9-21-13/h4-5,7-8,12H,2-3,6,9H2,1H3. The van der Waals surface area contributed by atoms with E-state index >= 15 is 0 Å². The van der Waals surface area contributed by atoms with Crippen molar-refractivity contribution in [3.05, 3.63) is 35.7 Å². The molecule has 1 atom stereocenters. The Morgan fingerprint density at radius 3 is 3.09 bits per heavy atom. The van der Waals surface area contributed by atoms with Gasteiger partial charge in [0.15, 0.2) is 11.5 Å². The lowest BCUT2D eigenvalue weighted by molar-refractivity contribution is 0.174. The summed E-state index contributed by atoms with van der Waals surface area (Å²) < 4.78 is 12.8. The van der Waals surface area contributed by atoms with Gasteiger partial charge in [-0.2, -0.15) is 0 Å². The first-order chi connectivity index (χ1) is 11.3. The van der Waals surface area contributed by atoms with Crippen LogP contribution in [0.2, 0.25) is 0 Å². The van der Waals surface area contributed by atoms with E-state index in [9.17, 15) is 0 Å². The fraction of sp³-hybridized carbons (Fsp3) is 0.375. The summed E-state index contributed by atoms with van der Waals surface area (Å²) in [5.74, 6) is 1.68. The molecule has 0 radical (unpaired) electrons. The van der Waals surface area contributed by atoms with E-state index in [0.717, 1.165) is 40.3 Å². The van der Waals surface area contributed by atoms with E-state index < -0.39 is 0 Å². The normalized spacial score (nSPS) is 19.9. The fourth-order valence-electron chi connectivity index (χ4n) is 3.38. The smallest absolute Gasteiger partial charge is 0.231 e. The van der Waals surface area contributed by atoms with Crippen LogP contribution in [0, 0.1) is 6.92 Å². The lowest BCUT2D eigenvalue weighted by atomic mass is 10.0. The van der Waals surface area contributed by atoms with E-state index in [-0.39, 0.29) is 0 Å². The Morgan fingerprint density at radius 2 is 2.17 bits per heavy atom. The zero-order valence-electron chi connectivity index (χ0n) is 12.7. The summed E-state index contributed by atoms with van der Waals surface area (Å²) in [6.45, 7) is 3.33. The van der Waals surface area contributed by atoms with Crippen LogP contribution in [0.1, 0.15) is 30.1 Å². The number of rotatable bonds is 2. The molecule has 7 heteroatoms. The molecule has 0 aliphatic carbocycles. The summed E-state index contributed by atoms with van der Waals surface area (Å²) >= 11 is 1.65. The molecule has 2 aliphatic heterocycles. The third-order valence-electron chi connectivity index (χ3n) is 4.43. The molecule has 2 aliphatic rings. The molecule has 0 bridgehead atoms. The largest absolute Gasteiger partial charge is 0.454 e. The summed E-state index contributed by atoms with van der Waals surface area (Å²) in [4.78, 5) is 7.84. The Bertz CT molecular complexity index is 856. The monoisotopic (exact) mass is 328 g/mol. The molecule has 23 heavy (non-hydrogen) atoms. The molecule has 1 aromatic carbocycles. The summed E-state index contributed by atoms with van der Waals surface area (Å²) in [5.41, 5.74) is 2.26. The summed E-state index contributed by atoms with van der Waals surface area (Å²) in [6, 6.07) is 6.58.